The van der Waals surface area contributed by atoms with Gasteiger partial charge >= 0.3 is 5.97 Å². The lowest BCUT2D eigenvalue weighted by Gasteiger charge is -2.04. The van der Waals surface area contributed by atoms with Crippen molar-refractivity contribution >= 4 is 34.2 Å². The standard InChI is InChI=1S/C14H12N4O2S/c1-9-12(18-6-7-21-14(18)16-9)8-15-17-11-5-3-2-4-10(11)13(19)20/h2-8,17H,1H3,(H,19,20). The van der Waals surface area contributed by atoms with Crippen LogP contribution in [0.3, 0.4) is 0 Å². The summed E-state index contributed by atoms with van der Waals surface area (Å²) in [5.74, 6) is -0.992. The number of nitrogens with one attached hydrogen (secondary N) is 1. The molecule has 0 atom stereocenters. The first kappa shape index (κ1) is 13.3. The van der Waals surface area contributed by atoms with Gasteiger partial charge in [-0.25, -0.2) is 9.78 Å². The molecule has 0 fully saturated rings. The van der Waals surface area contributed by atoms with Crippen LogP contribution in [0.1, 0.15) is 21.7 Å². The Hall–Kier alpha value is -2.67. The summed E-state index contributed by atoms with van der Waals surface area (Å²) < 4.78 is 1.94. The highest BCUT2D eigenvalue weighted by atomic mass is 32.1. The van der Waals surface area contributed by atoms with Gasteiger partial charge in [0.15, 0.2) is 4.96 Å². The average molecular weight is 300 g/mol. The Morgan fingerprint density at radius 1 is 1.48 bits per heavy atom. The SMILES string of the molecule is Cc1nc2sccn2c1C=NNc1ccccc1C(=O)O. The molecule has 0 aliphatic carbocycles. The maximum absolute atomic E-state index is 11.1. The highest BCUT2D eigenvalue weighted by Gasteiger charge is 2.09. The van der Waals surface area contributed by atoms with Crippen LogP contribution >= 0.6 is 11.3 Å². The molecular weight excluding hydrogens is 288 g/mol. The zero-order valence-corrected chi connectivity index (χ0v) is 12.0. The van der Waals surface area contributed by atoms with Gasteiger partial charge in [0, 0.05) is 11.6 Å². The van der Waals surface area contributed by atoms with Gasteiger partial charge in [0.2, 0.25) is 0 Å². The minimum absolute atomic E-state index is 0.181. The van der Waals surface area contributed by atoms with Crippen molar-refractivity contribution in [2.45, 2.75) is 6.92 Å². The topological polar surface area (TPSA) is 79.0 Å². The molecule has 2 aromatic heterocycles. The molecule has 0 saturated carbocycles. The molecule has 0 aliphatic heterocycles. The maximum atomic E-state index is 11.1. The number of para-hydroxylation sites is 1. The highest BCUT2D eigenvalue weighted by Crippen LogP contribution is 2.16. The number of imidazole rings is 1. The lowest BCUT2D eigenvalue weighted by molar-refractivity contribution is 0.0698. The number of carbonyl (C=O) groups is 1. The Kier molecular flexibility index (Phi) is 3.41. The van der Waals surface area contributed by atoms with Gasteiger partial charge in [0.25, 0.3) is 0 Å². The van der Waals surface area contributed by atoms with Crippen LogP contribution in [0.5, 0.6) is 0 Å². The Bertz CT molecular complexity index is 834. The number of carboxylic acid groups (broad SMARTS) is 1. The third-order valence-corrected chi connectivity index (χ3v) is 3.77. The lowest BCUT2D eigenvalue weighted by atomic mass is 10.2. The van der Waals surface area contributed by atoms with Crippen LogP contribution in [-0.4, -0.2) is 26.7 Å². The van der Waals surface area contributed by atoms with Crippen molar-refractivity contribution in [1.82, 2.24) is 9.38 Å². The molecule has 0 spiro atoms. The summed E-state index contributed by atoms with van der Waals surface area (Å²) in [5.41, 5.74) is 5.14. The van der Waals surface area contributed by atoms with Gasteiger partial charge in [0.05, 0.1) is 28.9 Å². The van der Waals surface area contributed by atoms with E-state index in [-0.39, 0.29) is 5.56 Å². The summed E-state index contributed by atoms with van der Waals surface area (Å²) in [6.07, 6.45) is 3.56. The van der Waals surface area contributed by atoms with Crippen molar-refractivity contribution in [2.24, 2.45) is 5.10 Å². The Labute approximate surface area is 124 Å². The predicted octanol–water partition coefficient (Wildman–Crippen LogP) is 2.85. The van der Waals surface area contributed by atoms with E-state index in [1.54, 1.807) is 35.8 Å². The summed E-state index contributed by atoms with van der Waals surface area (Å²) in [6.45, 7) is 1.91. The Morgan fingerprint density at radius 2 is 2.29 bits per heavy atom. The van der Waals surface area contributed by atoms with Crippen molar-refractivity contribution < 1.29 is 9.90 Å². The van der Waals surface area contributed by atoms with Gasteiger partial charge in [-0.05, 0) is 19.1 Å². The van der Waals surface area contributed by atoms with E-state index in [4.69, 9.17) is 5.11 Å². The number of rotatable bonds is 4. The molecule has 21 heavy (non-hydrogen) atoms. The van der Waals surface area contributed by atoms with Crippen molar-refractivity contribution in [1.29, 1.82) is 0 Å². The first-order valence-corrected chi connectivity index (χ1v) is 7.08. The Balaban J connectivity index is 1.86. The van der Waals surface area contributed by atoms with Crippen LogP contribution in [0.4, 0.5) is 5.69 Å². The molecule has 2 N–H and O–H groups in total. The largest absolute Gasteiger partial charge is 0.478 e. The van der Waals surface area contributed by atoms with Gasteiger partial charge < -0.3 is 5.11 Å². The van der Waals surface area contributed by atoms with Crippen LogP contribution in [0.15, 0.2) is 40.9 Å². The average Bonchev–Trinajstić information content (AvgIpc) is 3.01. The molecule has 7 heteroatoms. The monoisotopic (exact) mass is 300 g/mol. The van der Waals surface area contributed by atoms with Crippen LogP contribution < -0.4 is 5.43 Å². The number of benzene rings is 1. The number of fused-ring (bicyclic) bond motifs is 1. The van der Waals surface area contributed by atoms with Crippen LogP contribution in [0, 0.1) is 6.92 Å². The normalized spacial score (nSPS) is 11.3. The molecule has 3 aromatic rings. The third-order valence-electron chi connectivity index (χ3n) is 3.01. The molecule has 0 aliphatic rings. The zero-order chi connectivity index (χ0) is 14.8. The molecule has 106 valence electrons. The van der Waals surface area contributed by atoms with Crippen LogP contribution in [-0.2, 0) is 0 Å². The summed E-state index contributed by atoms with van der Waals surface area (Å²) in [5, 5.41) is 15.2. The van der Waals surface area contributed by atoms with E-state index in [1.807, 2.05) is 22.9 Å². The van der Waals surface area contributed by atoms with Crippen molar-refractivity contribution in [3.63, 3.8) is 0 Å². The van der Waals surface area contributed by atoms with Crippen LogP contribution in [0.2, 0.25) is 0 Å². The van der Waals surface area contributed by atoms with E-state index in [9.17, 15) is 4.79 Å². The van der Waals surface area contributed by atoms with E-state index in [1.165, 1.54) is 6.07 Å². The summed E-state index contributed by atoms with van der Waals surface area (Å²) in [4.78, 5) is 16.4. The van der Waals surface area contributed by atoms with E-state index >= 15 is 0 Å². The molecule has 3 rings (SSSR count). The summed E-state index contributed by atoms with van der Waals surface area (Å²) in [6, 6.07) is 6.63. The molecule has 0 bridgehead atoms. The number of thiazole rings is 1. The van der Waals surface area contributed by atoms with Gasteiger partial charge in [-0.1, -0.05) is 12.1 Å². The summed E-state index contributed by atoms with van der Waals surface area (Å²) in [7, 11) is 0. The number of hydrogen-bond donors (Lipinski definition) is 2. The van der Waals surface area contributed by atoms with E-state index in [2.05, 4.69) is 15.5 Å². The fourth-order valence-electron chi connectivity index (χ4n) is 2.00. The smallest absolute Gasteiger partial charge is 0.337 e. The zero-order valence-electron chi connectivity index (χ0n) is 11.1. The van der Waals surface area contributed by atoms with Gasteiger partial charge in [-0.2, -0.15) is 5.10 Å². The highest BCUT2D eigenvalue weighted by molar-refractivity contribution is 7.15. The number of aryl methyl sites for hydroxylation is 1. The van der Waals surface area contributed by atoms with E-state index in [0.29, 0.717) is 5.69 Å². The molecule has 0 saturated heterocycles. The van der Waals surface area contributed by atoms with Crippen molar-refractivity contribution in [2.75, 3.05) is 5.43 Å². The van der Waals surface area contributed by atoms with Gasteiger partial charge in [0.1, 0.15) is 0 Å². The van der Waals surface area contributed by atoms with Gasteiger partial charge in [-0.3, -0.25) is 9.83 Å². The first-order valence-electron chi connectivity index (χ1n) is 6.20. The Morgan fingerprint density at radius 3 is 3.10 bits per heavy atom. The quantitative estimate of drug-likeness (QED) is 0.573. The number of hydrogen-bond acceptors (Lipinski definition) is 5. The molecular formula is C14H12N4O2S. The first-order chi connectivity index (χ1) is 10.2. The fraction of sp³-hybridized carbons (Fsp3) is 0.0714. The second-order valence-electron chi connectivity index (χ2n) is 4.36. The maximum Gasteiger partial charge on any atom is 0.337 e. The van der Waals surface area contributed by atoms with Crippen molar-refractivity contribution in [3.8, 4) is 0 Å². The molecule has 0 radical (unpaired) electrons. The lowest BCUT2D eigenvalue weighted by Crippen LogP contribution is -2.02. The second-order valence-corrected chi connectivity index (χ2v) is 5.23. The fourth-order valence-corrected chi connectivity index (χ4v) is 2.76. The molecule has 2 heterocycles. The number of nitrogens with zero attached hydrogens (tertiary/aromatic N) is 3. The van der Waals surface area contributed by atoms with Gasteiger partial charge in [-0.15, -0.1) is 11.3 Å². The third kappa shape index (κ3) is 2.50. The van der Waals surface area contributed by atoms with E-state index < -0.39 is 5.97 Å². The molecule has 0 unspecified atom stereocenters. The minimum Gasteiger partial charge on any atom is -0.478 e. The molecule has 6 nitrogen and oxygen atoms in total. The number of anilines is 1. The number of hydrazone groups is 1. The van der Waals surface area contributed by atoms with E-state index in [0.717, 1.165) is 16.3 Å². The van der Waals surface area contributed by atoms with Crippen LogP contribution in [0.25, 0.3) is 4.96 Å². The predicted molar refractivity (Wildman–Crippen MR) is 82.4 cm³/mol. The molecule has 0 amide bonds. The number of aromatic nitrogens is 2. The molecule has 1 aromatic carbocycles. The summed E-state index contributed by atoms with van der Waals surface area (Å²) >= 11 is 1.55. The number of carboxylic acids is 1. The minimum atomic E-state index is -0.992. The van der Waals surface area contributed by atoms with Crippen molar-refractivity contribution in [3.05, 3.63) is 52.8 Å². The number of aromatic carboxylic acids is 1. The second kappa shape index (κ2) is 5.37.